The predicted molar refractivity (Wildman–Crippen MR) is 73.7 cm³/mol. The molecule has 0 saturated carbocycles. The molecule has 0 aliphatic heterocycles. The summed E-state index contributed by atoms with van der Waals surface area (Å²) in [6.45, 7) is 3.94. The lowest BCUT2D eigenvalue weighted by atomic mass is 10.2. The lowest BCUT2D eigenvalue weighted by Crippen LogP contribution is -2.09. The zero-order valence-corrected chi connectivity index (χ0v) is 11.4. The van der Waals surface area contributed by atoms with Gasteiger partial charge < -0.3 is 10.5 Å². The molecule has 0 unspecified atom stereocenters. The number of nitrogens with two attached hydrogens (primary N) is 1. The summed E-state index contributed by atoms with van der Waals surface area (Å²) in [5, 5.41) is 0.533. The van der Waals surface area contributed by atoms with Crippen molar-refractivity contribution in [3.05, 3.63) is 40.8 Å². The Kier molecular flexibility index (Phi) is 3.76. The fourth-order valence-corrected chi connectivity index (χ4v) is 1.92. The normalized spacial score (nSPS) is 10.5. The number of nitrogen functional groups attached to an aromatic ring is 1. The van der Waals surface area contributed by atoms with Crippen molar-refractivity contribution in [1.29, 1.82) is 0 Å². The Morgan fingerprint density at radius 1 is 1.53 bits per heavy atom. The Morgan fingerprint density at radius 2 is 2.26 bits per heavy atom. The number of ether oxygens (including phenoxy) is 1. The van der Waals surface area contributed by atoms with Crippen LogP contribution >= 0.6 is 11.6 Å². The molecule has 5 nitrogen and oxygen atoms in total. The van der Waals surface area contributed by atoms with Crippen LogP contribution in [-0.4, -0.2) is 22.1 Å². The number of aryl methyl sites for hydroxylation is 1. The molecule has 1 heterocycles. The van der Waals surface area contributed by atoms with Gasteiger partial charge in [0.15, 0.2) is 5.69 Å². The second-order valence-electron chi connectivity index (χ2n) is 4.02. The zero-order chi connectivity index (χ0) is 14.0. The van der Waals surface area contributed by atoms with Crippen molar-refractivity contribution in [2.75, 3.05) is 12.3 Å². The SMILES string of the molecule is CCOC(=O)c1ncn(-c2cc(C)ccc2Cl)c1N. The van der Waals surface area contributed by atoms with E-state index >= 15 is 0 Å². The van der Waals surface area contributed by atoms with Crippen molar-refractivity contribution >= 4 is 23.4 Å². The van der Waals surface area contributed by atoms with Crippen LogP contribution in [0.5, 0.6) is 0 Å². The molecule has 0 atom stereocenters. The first-order valence-electron chi connectivity index (χ1n) is 5.81. The van der Waals surface area contributed by atoms with Gasteiger partial charge in [-0.05, 0) is 31.5 Å². The van der Waals surface area contributed by atoms with Gasteiger partial charge in [-0.15, -0.1) is 0 Å². The van der Waals surface area contributed by atoms with Crippen molar-refractivity contribution in [2.45, 2.75) is 13.8 Å². The average molecular weight is 280 g/mol. The number of rotatable bonds is 3. The Labute approximate surface area is 116 Å². The van der Waals surface area contributed by atoms with Gasteiger partial charge in [0.05, 0.1) is 17.3 Å². The first-order valence-corrected chi connectivity index (χ1v) is 6.18. The van der Waals surface area contributed by atoms with E-state index in [1.54, 1.807) is 17.6 Å². The quantitative estimate of drug-likeness (QED) is 0.877. The highest BCUT2D eigenvalue weighted by atomic mass is 35.5. The fourth-order valence-electron chi connectivity index (χ4n) is 1.71. The van der Waals surface area contributed by atoms with Crippen molar-refractivity contribution in [2.24, 2.45) is 0 Å². The molecule has 100 valence electrons. The Balaban J connectivity index is 2.47. The van der Waals surface area contributed by atoms with Crippen molar-refractivity contribution in [3.8, 4) is 5.69 Å². The molecule has 19 heavy (non-hydrogen) atoms. The summed E-state index contributed by atoms with van der Waals surface area (Å²) >= 11 is 6.13. The first kappa shape index (κ1) is 13.4. The third-order valence-corrected chi connectivity index (χ3v) is 2.95. The number of halogens is 1. The van der Waals surface area contributed by atoms with E-state index in [4.69, 9.17) is 22.1 Å². The van der Waals surface area contributed by atoms with Crippen LogP contribution in [0.2, 0.25) is 5.02 Å². The van der Waals surface area contributed by atoms with Crippen LogP contribution in [0.4, 0.5) is 5.82 Å². The number of imidazole rings is 1. The average Bonchev–Trinajstić information content (AvgIpc) is 2.74. The Bertz CT molecular complexity index is 622. The fraction of sp³-hybridized carbons (Fsp3) is 0.231. The molecule has 2 rings (SSSR count). The van der Waals surface area contributed by atoms with Gasteiger partial charge in [-0.25, -0.2) is 9.78 Å². The van der Waals surface area contributed by atoms with Gasteiger partial charge in [-0.3, -0.25) is 4.57 Å². The van der Waals surface area contributed by atoms with Crippen LogP contribution in [0.3, 0.4) is 0 Å². The van der Waals surface area contributed by atoms with Crippen LogP contribution in [0.15, 0.2) is 24.5 Å². The highest BCUT2D eigenvalue weighted by Crippen LogP contribution is 2.25. The molecule has 2 aromatic rings. The second-order valence-corrected chi connectivity index (χ2v) is 4.43. The van der Waals surface area contributed by atoms with E-state index in [1.165, 1.54) is 6.33 Å². The minimum Gasteiger partial charge on any atom is -0.461 e. The maximum absolute atomic E-state index is 11.7. The number of nitrogens with zero attached hydrogens (tertiary/aromatic N) is 2. The van der Waals surface area contributed by atoms with E-state index in [2.05, 4.69) is 4.98 Å². The summed E-state index contributed by atoms with van der Waals surface area (Å²) < 4.78 is 6.46. The molecule has 0 bridgehead atoms. The van der Waals surface area contributed by atoms with E-state index < -0.39 is 5.97 Å². The third-order valence-electron chi connectivity index (χ3n) is 2.63. The van der Waals surface area contributed by atoms with Crippen LogP contribution in [0.1, 0.15) is 23.0 Å². The molecule has 1 aromatic heterocycles. The molecular formula is C13H14ClN3O2. The smallest absolute Gasteiger partial charge is 0.360 e. The molecule has 0 saturated heterocycles. The van der Waals surface area contributed by atoms with Gasteiger partial charge in [0, 0.05) is 0 Å². The van der Waals surface area contributed by atoms with Gasteiger partial charge in [-0.2, -0.15) is 0 Å². The van der Waals surface area contributed by atoms with E-state index in [0.717, 1.165) is 5.56 Å². The molecule has 1 aromatic carbocycles. The second kappa shape index (κ2) is 5.32. The first-order chi connectivity index (χ1) is 9.04. The number of anilines is 1. The van der Waals surface area contributed by atoms with Gasteiger partial charge in [0.2, 0.25) is 0 Å². The van der Waals surface area contributed by atoms with Crippen molar-refractivity contribution < 1.29 is 9.53 Å². The predicted octanol–water partition coefficient (Wildman–Crippen LogP) is 2.59. The van der Waals surface area contributed by atoms with Crippen LogP contribution in [-0.2, 0) is 4.74 Å². The van der Waals surface area contributed by atoms with Gasteiger partial charge >= 0.3 is 5.97 Å². The number of benzene rings is 1. The van der Waals surface area contributed by atoms with Gasteiger partial charge in [-0.1, -0.05) is 17.7 Å². The van der Waals surface area contributed by atoms with Crippen LogP contribution in [0, 0.1) is 6.92 Å². The number of hydrogen-bond donors (Lipinski definition) is 1. The number of carbonyl (C=O) groups is 1. The molecular weight excluding hydrogens is 266 g/mol. The van der Waals surface area contributed by atoms with Gasteiger partial charge in [0.1, 0.15) is 12.1 Å². The summed E-state index contributed by atoms with van der Waals surface area (Å²) in [5.74, 6) is -0.325. The highest BCUT2D eigenvalue weighted by Gasteiger charge is 2.18. The lowest BCUT2D eigenvalue weighted by molar-refractivity contribution is 0.0521. The summed E-state index contributed by atoms with van der Waals surface area (Å²) in [7, 11) is 0. The van der Waals surface area contributed by atoms with Crippen molar-refractivity contribution in [3.63, 3.8) is 0 Å². The number of carbonyl (C=O) groups excluding carboxylic acids is 1. The minimum atomic E-state index is -0.539. The summed E-state index contributed by atoms with van der Waals surface area (Å²) in [6.07, 6.45) is 1.46. The number of hydrogen-bond acceptors (Lipinski definition) is 4. The van der Waals surface area contributed by atoms with Crippen LogP contribution < -0.4 is 5.73 Å². The van der Waals surface area contributed by atoms with E-state index in [0.29, 0.717) is 10.7 Å². The van der Waals surface area contributed by atoms with E-state index in [1.807, 2.05) is 19.1 Å². The molecule has 6 heteroatoms. The number of esters is 1. The maximum atomic E-state index is 11.7. The summed E-state index contributed by atoms with van der Waals surface area (Å²) in [5.41, 5.74) is 7.74. The molecule has 0 fully saturated rings. The highest BCUT2D eigenvalue weighted by molar-refractivity contribution is 6.32. The Morgan fingerprint density at radius 3 is 2.95 bits per heavy atom. The summed E-state index contributed by atoms with van der Waals surface area (Å²) in [6, 6.07) is 5.54. The minimum absolute atomic E-state index is 0.0967. The molecule has 0 aliphatic carbocycles. The molecule has 0 radical (unpaired) electrons. The summed E-state index contributed by atoms with van der Waals surface area (Å²) in [4.78, 5) is 15.6. The molecule has 0 aliphatic rings. The molecule has 0 amide bonds. The lowest BCUT2D eigenvalue weighted by Gasteiger charge is -2.08. The maximum Gasteiger partial charge on any atom is 0.360 e. The number of aromatic nitrogens is 2. The van der Waals surface area contributed by atoms with Crippen molar-refractivity contribution in [1.82, 2.24) is 9.55 Å². The standard InChI is InChI=1S/C13H14ClN3O2/c1-3-19-13(18)11-12(15)17(7-16-11)10-6-8(2)4-5-9(10)14/h4-7H,3,15H2,1-2H3. The Hall–Kier alpha value is -2.01. The van der Waals surface area contributed by atoms with E-state index in [-0.39, 0.29) is 18.1 Å². The zero-order valence-electron chi connectivity index (χ0n) is 10.7. The topological polar surface area (TPSA) is 70.1 Å². The molecule has 0 spiro atoms. The van der Waals surface area contributed by atoms with E-state index in [9.17, 15) is 4.79 Å². The van der Waals surface area contributed by atoms with Gasteiger partial charge in [0.25, 0.3) is 0 Å². The van der Waals surface area contributed by atoms with Crippen LogP contribution in [0.25, 0.3) is 5.69 Å². The molecule has 2 N–H and O–H groups in total. The largest absolute Gasteiger partial charge is 0.461 e. The third kappa shape index (κ3) is 2.56. The monoisotopic (exact) mass is 279 g/mol.